The average molecular weight is 296 g/mol. The maximum absolute atomic E-state index is 11.7. The van der Waals surface area contributed by atoms with Crippen molar-refractivity contribution in [1.29, 1.82) is 0 Å². The van der Waals surface area contributed by atoms with Crippen LogP contribution >= 0.6 is 11.6 Å². The highest BCUT2D eigenvalue weighted by atomic mass is 35.5. The number of rotatable bonds is 4. The highest BCUT2D eigenvalue weighted by Crippen LogP contribution is 2.22. The van der Waals surface area contributed by atoms with E-state index in [-0.39, 0.29) is 22.8 Å². The number of benzene rings is 1. The summed E-state index contributed by atoms with van der Waals surface area (Å²) in [6, 6.07) is 3.49. The summed E-state index contributed by atoms with van der Waals surface area (Å²) in [5.41, 5.74) is 0.238. The van der Waals surface area contributed by atoms with Gasteiger partial charge in [0, 0.05) is 0 Å². The lowest BCUT2D eigenvalue weighted by Crippen LogP contribution is -2.28. The van der Waals surface area contributed by atoms with Crippen LogP contribution in [0.3, 0.4) is 0 Å². The van der Waals surface area contributed by atoms with Crippen LogP contribution in [0, 0.1) is 0 Å². The predicted octanol–water partition coefficient (Wildman–Crippen LogP) is 1.48. The number of aromatic carboxylic acids is 1. The third-order valence-corrected chi connectivity index (χ3v) is 2.67. The van der Waals surface area contributed by atoms with Crippen molar-refractivity contribution in [2.75, 3.05) is 5.32 Å². The van der Waals surface area contributed by atoms with Crippen LogP contribution in [-0.2, 0) is 6.54 Å². The Balaban J connectivity index is 2.00. The van der Waals surface area contributed by atoms with Crippen molar-refractivity contribution in [3.8, 4) is 0 Å². The molecule has 0 atom stereocenters. The van der Waals surface area contributed by atoms with Gasteiger partial charge in [-0.25, -0.2) is 14.6 Å². The molecule has 0 bridgehead atoms. The first-order valence-corrected chi connectivity index (χ1v) is 5.86. The van der Waals surface area contributed by atoms with E-state index in [4.69, 9.17) is 16.7 Å². The minimum atomic E-state index is -1.10. The minimum absolute atomic E-state index is 0.0277. The fraction of sp³-hybridized carbons (Fsp3) is 0.0909. The SMILES string of the molecule is O=C(NCc1ncn[nH]1)Nc1cc(C(=O)O)ccc1Cl. The second kappa shape index (κ2) is 6.02. The topological polar surface area (TPSA) is 120 Å². The van der Waals surface area contributed by atoms with Crippen molar-refractivity contribution in [3.63, 3.8) is 0 Å². The second-order valence-electron chi connectivity index (χ2n) is 3.74. The maximum atomic E-state index is 11.7. The number of halogens is 1. The molecule has 0 aliphatic rings. The van der Waals surface area contributed by atoms with Crippen LogP contribution in [0.5, 0.6) is 0 Å². The van der Waals surface area contributed by atoms with Gasteiger partial charge in [-0.2, -0.15) is 5.10 Å². The number of anilines is 1. The molecule has 0 saturated heterocycles. The number of aromatic amines is 1. The van der Waals surface area contributed by atoms with Gasteiger partial charge >= 0.3 is 12.0 Å². The Hall–Kier alpha value is -2.61. The monoisotopic (exact) mass is 295 g/mol. The van der Waals surface area contributed by atoms with Crippen molar-refractivity contribution in [3.05, 3.63) is 40.9 Å². The Morgan fingerprint density at radius 3 is 2.85 bits per heavy atom. The Morgan fingerprint density at radius 2 is 2.20 bits per heavy atom. The molecule has 0 unspecified atom stereocenters. The number of urea groups is 1. The van der Waals surface area contributed by atoms with E-state index in [2.05, 4.69) is 25.8 Å². The number of carboxylic acid groups (broad SMARTS) is 1. The molecule has 104 valence electrons. The number of amides is 2. The van der Waals surface area contributed by atoms with E-state index >= 15 is 0 Å². The van der Waals surface area contributed by atoms with Crippen molar-refractivity contribution < 1.29 is 14.7 Å². The van der Waals surface area contributed by atoms with Gasteiger partial charge in [-0.15, -0.1) is 0 Å². The fourth-order valence-electron chi connectivity index (χ4n) is 1.40. The molecule has 1 aromatic carbocycles. The van der Waals surface area contributed by atoms with Crippen molar-refractivity contribution in [2.45, 2.75) is 6.54 Å². The number of nitrogens with zero attached hydrogens (tertiary/aromatic N) is 2. The van der Waals surface area contributed by atoms with E-state index in [9.17, 15) is 9.59 Å². The Labute approximate surface area is 118 Å². The fourth-order valence-corrected chi connectivity index (χ4v) is 1.57. The first kappa shape index (κ1) is 13.8. The normalized spacial score (nSPS) is 10.1. The smallest absolute Gasteiger partial charge is 0.335 e. The van der Waals surface area contributed by atoms with Crippen LogP contribution < -0.4 is 10.6 Å². The van der Waals surface area contributed by atoms with Gasteiger partial charge in [-0.1, -0.05) is 11.6 Å². The van der Waals surface area contributed by atoms with Crippen molar-refractivity contribution in [1.82, 2.24) is 20.5 Å². The number of hydrogen-bond donors (Lipinski definition) is 4. The molecular weight excluding hydrogens is 286 g/mol. The zero-order valence-electron chi connectivity index (χ0n) is 10.1. The molecule has 2 amide bonds. The molecule has 1 aromatic heterocycles. The third-order valence-electron chi connectivity index (χ3n) is 2.34. The summed E-state index contributed by atoms with van der Waals surface area (Å²) >= 11 is 5.88. The number of H-pyrrole nitrogens is 1. The van der Waals surface area contributed by atoms with Gasteiger partial charge in [0.15, 0.2) is 0 Å². The molecule has 0 saturated carbocycles. The average Bonchev–Trinajstić information content (AvgIpc) is 2.92. The zero-order valence-corrected chi connectivity index (χ0v) is 10.8. The molecule has 8 nitrogen and oxygen atoms in total. The van der Waals surface area contributed by atoms with E-state index in [1.807, 2.05) is 0 Å². The van der Waals surface area contributed by atoms with E-state index < -0.39 is 12.0 Å². The summed E-state index contributed by atoms with van der Waals surface area (Å²) in [7, 11) is 0. The van der Waals surface area contributed by atoms with E-state index in [1.165, 1.54) is 24.5 Å². The number of aromatic nitrogens is 3. The lowest BCUT2D eigenvalue weighted by molar-refractivity contribution is 0.0697. The van der Waals surface area contributed by atoms with Crippen LogP contribution in [0.25, 0.3) is 0 Å². The third kappa shape index (κ3) is 3.45. The van der Waals surface area contributed by atoms with Crippen LogP contribution in [0.1, 0.15) is 16.2 Å². The minimum Gasteiger partial charge on any atom is -0.478 e. The van der Waals surface area contributed by atoms with E-state index in [1.54, 1.807) is 0 Å². The lowest BCUT2D eigenvalue weighted by atomic mass is 10.2. The lowest BCUT2D eigenvalue weighted by Gasteiger charge is -2.08. The molecule has 0 radical (unpaired) electrons. The quantitative estimate of drug-likeness (QED) is 0.681. The van der Waals surface area contributed by atoms with Crippen LogP contribution in [0.2, 0.25) is 5.02 Å². The summed E-state index contributed by atoms with van der Waals surface area (Å²) in [4.78, 5) is 26.3. The van der Waals surface area contributed by atoms with Gasteiger partial charge < -0.3 is 15.7 Å². The Bertz CT molecular complexity index is 629. The first-order valence-electron chi connectivity index (χ1n) is 5.48. The summed E-state index contributed by atoms with van der Waals surface area (Å²) < 4.78 is 0. The molecule has 0 fully saturated rings. The summed E-state index contributed by atoms with van der Waals surface area (Å²) in [6.07, 6.45) is 1.32. The second-order valence-corrected chi connectivity index (χ2v) is 4.15. The molecule has 2 aromatic rings. The Kier molecular flexibility index (Phi) is 4.16. The number of carbonyl (C=O) groups excluding carboxylic acids is 1. The number of hydrogen-bond acceptors (Lipinski definition) is 4. The number of nitrogens with one attached hydrogen (secondary N) is 3. The van der Waals surface area contributed by atoms with Gasteiger partial charge in [0.1, 0.15) is 12.2 Å². The molecule has 0 aliphatic heterocycles. The standard InChI is InChI=1S/C11H10ClN5O3/c12-7-2-1-6(10(18)19)3-8(7)16-11(20)13-4-9-14-5-15-17-9/h1-3,5H,4H2,(H,18,19)(H2,13,16,20)(H,14,15,17). The highest BCUT2D eigenvalue weighted by molar-refractivity contribution is 6.33. The molecule has 2 rings (SSSR count). The first-order chi connectivity index (χ1) is 9.56. The maximum Gasteiger partial charge on any atom is 0.335 e. The molecular formula is C11H10ClN5O3. The molecule has 20 heavy (non-hydrogen) atoms. The van der Waals surface area contributed by atoms with Crippen molar-refractivity contribution in [2.24, 2.45) is 0 Å². The molecule has 1 heterocycles. The predicted molar refractivity (Wildman–Crippen MR) is 70.7 cm³/mol. The molecule has 9 heteroatoms. The molecule has 4 N–H and O–H groups in total. The Morgan fingerprint density at radius 1 is 1.40 bits per heavy atom. The summed E-state index contributed by atoms with van der Waals surface area (Å²) in [6.45, 7) is 0.155. The van der Waals surface area contributed by atoms with E-state index in [0.717, 1.165) is 0 Å². The molecule has 0 aliphatic carbocycles. The summed E-state index contributed by atoms with van der Waals surface area (Å²) in [5, 5.41) is 20.3. The van der Waals surface area contributed by atoms with Crippen molar-refractivity contribution >= 4 is 29.3 Å². The number of carboxylic acids is 1. The van der Waals surface area contributed by atoms with Gasteiger partial charge in [0.2, 0.25) is 0 Å². The van der Waals surface area contributed by atoms with Crippen LogP contribution in [0.4, 0.5) is 10.5 Å². The van der Waals surface area contributed by atoms with E-state index in [0.29, 0.717) is 5.82 Å². The largest absolute Gasteiger partial charge is 0.478 e. The van der Waals surface area contributed by atoms with Gasteiger partial charge in [0.25, 0.3) is 0 Å². The highest BCUT2D eigenvalue weighted by Gasteiger charge is 2.10. The van der Waals surface area contributed by atoms with Gasteiger partial charge in [-0.3, -0.25) is 5.10 Å². The van der Waals surface area contributed by atoms with Crippen LogP contribution in [-0.4, -0.2) is 32.3 Å². The molecule has 0 spiro atoms. The van der Waals surface area contributed by atoms with Crippen LogP contribution in [0.15, 0.2) is 24.5 Å². The summed E-state index contributed by atoms with van der Waals surface area (Å²) in [5.74, 6) is -0.614. The number of carbonyl (C=O) groups is 2. The zero-order chi connectivity index (χ0) is 14.5. The van der Waals surface area contributed by atoms with Gasteiger partial charge in [0.05, 0.1) is 22.8 Å². The van der Waals surface area contributed by atoms with Gasteiger partial charge in [-0.05, 0) is 18.2 Å².